The number of aromatic nitrogens is 2. The van der Waals surface area contributed by atoms with Crippen molar-refractivity contribution < 1.29 is 18.8 Å². The van der Waals surface area contributed by atoms with E-state index in [9.17, 15) is 9.59 Å². The summed E-state index contributed by atoms with van der Waals surface area (Å²) in [7, 11) is 0. The number of nitrogens with zero attached hydrogens (tertiary/aromatic N) is 5. The largest absolute Gasteiger partial charge is 0.444 e. The first kappa shape index (κ1) is 23.0. The van der Waals surface area contributed by atoms with Crippen molar-refractivity contribution in [3.05, 3.63) is 18.3 Å². The number of hydrazone groups is 1. The van der Waals surface area contributed by atoms with Gasteiger partial charge in [0.2, 0.25) is 0 Å². The number of carbonyl (C=O) groups is 2. The molecule has 2 rings (SSSR count). The number of carbonyl (C=O) groups excluding carboxylic acids is 2. The summed E-state index contributed by atoms with van der Waals surface area (Å²) in [5, 5.41) is 9.89. The molecular weight excluding hydrogens is 390 g/mol. The van der Waals surface area contributed by atoms with Crippen LogP contribution >= 0.6 is 0 Å². The number of hydrogen-bond acceptors (Lipinski definition) is 9. The average Bonchev–Trinajstić information content (AvgIpc) is 3.30. The van der Waals surface area contributed by atoms with Crippen LogP contribution in [0.4, 0.5) is 4.79 Å². The van der Waals surface area contributed by atoms with Crippen molar-refractivity contribution in [3.63, 3.8) is 0 Å². The lowest BCUT2D eigenvalue weighted by molar-refractivity contribution is 0.0229. The second-order valence-electron chi connectivity index (χ2n) is 7.89. The summed E-state index contributed by atoms with van der Waals surface area (Å²) in [6.45, 7) is 11.7. The number of ether oxygens (including phenoxy) is 1. The molecule has 11 nitrogen and oxygen atoms in total. The van der Waals surface area contributed by atoms with Gasteiger partial charge in [0.05, 0.1) is 18.8 Å². The molecule has 1 aliphatic rings. The van der Waals surface area contributed by atoms with E-state index in [1.54, 1.807) is 25.7 Å². The van der Waals surface area contributed by atoms with E-state index in [1.807, 2.05) is 6.92 Å². The predicted octanol–water partition coefficient (Wildman–Crippen LogP) is 1.62. The molecular formula is C19H29N7O4. The highest BCUT2D eigenvalue weighted by molar-refractivity contribution is 6.15. The molecule has 0 bridgehead atoms. The summed E-state index contributed by atoms with van der Waals surface area (Å²) < 4.78 is 10.6. The van der Waals surface area contributed by atoms with Crippen molar-refractivity contribution >= 4 is 30.0 Å². The number of likely N-dealkylation sites (tertiary alicyclic amines) is 1. The molecule has 1 aliphatic heterocycles. The maximum Gasteiger partial charge on any atom is 0.410 e. The van der Waals surface area contributed by atoms with Crippen LogP contribution in [-0.2, 0) is 4.74 Å². The molecule has 2 atom stereocenters. The van der Waals surface area contributed by atoms with Gasteiger partial charge in [-0.25, -0.2) is 4.79 Å². The number of nitrogens with two attached hydrogens (primary N) is 1. The fraction of sp³-hybridized carbons (Fsp3) is 0.579. The van der Waals surface area contributed by atoms with E-state index in [2.05, 4.69) is 32.1 Å². The van der Waals surface area contributed by atoms with E-state index in [1.165, 1.54) is 12.4 Å². The van der Waals surface area contributed by atoms with Crippen LogP contribution in [0.1, 0.15) is 57.0 Å². The Morgan fingerprint density at radius 2 is 2.17 bits per heavy atom. The van der Waals surface area contributed by atoms with E-state index in [0.29, 0.717) is 25.0 Å². The van der Waals surface area contributed by atoms with E-state index >= 15 is 0 Å². The fourth-order valence-corrected chi connectivity index (χ4v) is 2.87. The van der Waals surface area contributed by atoms with Gasteiger partial charge in [0.15, 0.2) is 0 Å². The minimum absolute atomic E-state index is 0.0796. The van der Waals surface area contributed by atoms with E-state index in [4.69, 9.17) is 15.1 Å². The molecule has 3 N–H and O–H groups in total. The first-order valence-corrected chi connectivity index (χ1v) is 9.68. The van der Waals surface area contributed by atoms with Crippen LogP contribution in [0.5, 0.6) is 0 Å². The first-order valence-electron chi connectivity index (χ1n) is 9.68. The molecule has 0 radical (unpaired) electrons. The predicted molar refractivity (Wildman–Crippen MR) is 112 cm³/mol. The summed E-state index contributed by atoms with van der Waals surface area (Å²) in [5.74, 6) is 4.72. The van der Waals surface area contributed by atoms with Crippen molar-refractivity contribution in [2.75, 3.05) is 13.1 Å². The minimum Gasteiger partial charge on any atom is -0.444 e. The Kier molecular flexibility index (Phi) is 7.67. The Hall–Kier alpha value is -3.24. The SMILES string of the molecule is C=C(CC)c1nc(C(=O)N[C@@H]2C[C@@H](CN=CC=NN)N(C(=O)OC(C)(C)C)C2)no1. The maximum atomic E-state index is 12.6. The molecule has 2 heterocycles. The van der Waals surface area contributed by atoms with Gasteiger partial charge in [0.1, 0.15) is 5.60 Å². The lowest BCUT2D eigenvalue weighted by Gasteiger charge is -2.27. The van der Waals surface area contributed by atoms with Crippen molar-refractivity contribution in [2.24, 2.45) is 15.9 Å². The second kappa shape index (κ2) is 9.99. The van der Waals surface area contributed by atoms with Gasteiger partial charge in [-0.2, -0.15) is 10.1 Å². The molecule has 0 saturated carbocycles. The highest BCUT2D eigenvalue weighted by atomic mass is 16.6. The molecule has 0 aromatic carbocycles. The van der Waals surface area contributed by atoms with Gasteiger partial charge >= 0.3 is 6.09 Å². The van der Waals surface area contributed by atoms with Gasteiger partial charge in [-0.1, -0.05) is 18.7 Å². The zero-order valence-corrected chi connectivity index (χ0v) is 17.8. The molecule has 1 saturated heterocycles. The Bertz CT molecular complexity index is 825. The molecule has 0 unspecified atom stereocenters. The molecule has 164 valence electrons. The van der Waals surface area contributed by atoms with Gasteiger partial charge in [-0.15, -0.1) is 0 Å². The van der Waals surface area contributed by atoms with Crippen LogP contribution < -0.4 is 11.2 Å². The van der Waals surface area contributed by atoms with Crippen molar-refractivity contribution in [2.45, 2.75) is 58.2 Å². The molecule has 1 aromatic rings. The van der Waals surface area contributed by atoms with Crippen molar-refractivity contribution in [1.82, 2.24) is 20.4 Å². The molecule has 1 fully saturated rings. The van der Waals surface area contributed by atoms with E-state index in [0.717, 1.165) is 0 Å². The number of allylic oxidation sites excluding steroid dienone is 1. The summed E-state index contributed by atoms with van der Waals surface area (Å²) in [5.41, 5.74) is 0.0127. The van der Waals surface area contributed by atoms with Crippen LogP contribution in [0.2, 0.25) is 0 Å². The third-order valence-electron chi connectivity index (χ3n) is 4.31. The van der Waals surface area contributed by atoms with Gasteiger partial charge in [0, 0.05) is 24.4 Å². The Balaban J connectivity index is 2.07. The number of aliphatic imine (C=N–C) groups is 1. The summed E-state index contributed by atoms with van der Waals surface area (Å²) in [4.78, 5) is 35.0. The lowest BCUT2D eigenvalue weighted by atomic mass is 10.1. The molecule has 30 heavy (non-hydrogen) atoms. The first-order chi connectivity index (χ1) is 14.1. The number of hydrogen-bond donors (Lipinski definition) is 2. The molecule has 2 amide bonds. The third-order valence-corrected chi connectivity index (χ3v) is 4.31. The average molecular weight is 419 g/mol. The maximum absolute atomic E-state index is 12.6. The molecule has 0 aliphatic carbocycles. The van der Waals surface area contributed by atoms with Gasteiger partial charge in [-0.05, 0) is 33.6 Å². The summed E-state index contributed by atoms with van der Waals surface area (Å²) in [6.07, 6.45) is 3.47. The van der Waals surface area contributed by atoms with Gasteiger partial charge in [0.25, 0.3) is 17.6 Å². The highest BCUT2D eigenvalue weighted by Gasteiger charge is 2.38. The van der Waals surface area contributed by atoms with Crippen LogP contribution in [0.25, 0.3) is 5.57 Å². The van der Waals surface area contributed by atoms with Crippen molar-refractivity contribution in [1.29, 1.82) is 0 Å². The molecule has 0 spiro atoms. The Labute approximate surface area is 175 Å². The van der Waals surface area contributed by atoms with E-state index in [-0.39, 0.29) is 30.3 Å². The highest BCUT2D eigenvalue weighted by Crippen LogP contribution is 2.22. The normalized spacial score (nSPS) is 19.5. The summed E-state index contributed by atoms with van der Waals surface area (Å²) in [6, 6.07) is -0.571. The van der Waals surface area contributed by atoms with Gasteiger partial charge in [-0.3, -0.25) is 9.79 Å². The Morgan fingerprint density at radius 1 is 1.43 bits per heavy atom. The number of amides is 2. The summed E-state index contributed by atoms with van der Waals surface area (Å²) >= 11 is 0. The zero-order valence-electron chi connectivity index (χ0n) is 17.8. The smallest absolute Gasteiger partial charge is 0.410 e. The quantitative estimate of drug-likeness (QED) is 0.387. The van der Waals surface area contributed by atoms with Gasteiger partial charge < -0.3 is 25.3 Å². The van der Waals surface area contributed by atoms with Crippen molar-refractivity contribution in [3.8, 4) is 0 Å². The third kappa shape index (κ3) is 6.39. The van der Waals surface area contributed by atoms with E-state index < -0.39 is 17.6 Å². The zero-order chi connectivity index (χ0) is 22.3. The Morgan fingerprint density at radius 3 is 2.80 bits per heavy atom. The number of rotatable bonds is 7. The number of nitrogens with one attached hydrogen (secondary N) is 1. The van der Waals surface area contributed by atoms with Crippen LogP contribution in [-0.4, -0.2) is 70.2 Å². The monoisotopic (exact) mass is 419 g/mol. The fourth-order valence-electron chi connectivity index (χ4n) is 2.87. The molecule has 1 aromatic heterocycles. The van der Waals surface area contributed by atoms with Crippen LogP contribution in [0, 0.1) is 0 Å². The second-order valence-corrected chi connectivity index (χ2v) is 7.89. The standard InChI is InChI=1S/C19H29N7O4/c1-6-12(2)17-24-15(25-30-17)16(27)23-13-9-14(10-21-7-8-22-20)26(11-13)18(28)29-19(3,4)5/h7-8,13-14H,2,6,9-11,20H2,1,3-5H3,(H,23,27)/t13-,14+/m1/s1. The minimum atomic E-state index is -0.638. The molecule has 11 heteroatoms. The van der Waals surface area contributed by atoms with Crippen LogP contribution in [0.3, 0.4) is 0 Å². The topological polar surface area (TPSA) is 148 Å². The lowest BCUT2D eigenvalue weighted by Crippen LogP contribution is -2.42. The van der Waals surface area contributed by atoms with Crippen LogP contribution in [0.15, 0.2) is 21.2 Å².